The Kier molecular flexibility index (Phi) is 4.63. The monoisotopic (exact) mass is 374 g/mol. The van der Waals surface area contributed by atoms with Crippen LogP contribution in [0.2, 0.25) is 5.02 Å². The summed E-state index contributed by atoms with van der Waals surface area (Å²) in [6, 6.07) is 5.42. The van der Waals surface area contributed by atoms with Gasteiger partial charge in [0.25, 0.3) is 0 Å². The highest BCUT2D eigenvalue weighted by atomic mass is 35.5. The lowest BCUT2D eigenvalue weighted by atomic mass is 10.0. The summed E-state index contributed by atoms with van der Waals surface area (Å²) in [7, 11) is 0. The maximum Gasteiger partial charge on any atom is 0.420 e. The highest BCUT2D eigenvalue weighted by Crippen LogP contribution is 2.27. The van der Waals surface area contributed by atoms with Gasteiger partial charge in [-0.3, -0.25) is 14.1 Å². The summed E-state index contributed by atoms with van der Waals surface area (Å²) in [6.07, 6.45) is 3.97. The fourth-order valence-corrected chi connectivity index (χ4v) is 4.10. The average Bonchev–Trinajstić information content (AvgIpc) is 3.14. The minimum absolute atomic E-state index is 0.0949. The van der Waals surface area contributed by atoms with E-state index < -0.39 is 0 Å². The van der Waals surface area contributed by atoms with Gasteiger partial charge in [0.15, 0.2) is 5.58 Å². The molecule has 0 saturated carbocycles. The molecule has 0 N–H and O–H groups in total. The quantitative estimate of drug-likeness (QED) is 0.700. The van der Waals surface area contributed by atoms with Gasteiger partial charge in [-0.2, -0.15) is 5.10 Å². The second-order valence-electron chi connectivity index (χ2n) is 6.95. The van der Waals surface area contributed by atoms with E-state index in [4.69, 9.17) is 16.0 Å². The van der Waals surface area contributed by atoms with Gasteiger partial charge in [0.05, 0.1) is 17.8 Å². The van der Waals surface area contributed by atoms with Gasteiger partial charge in [0.2, 0.25) is 0 Å². The lowest BCUT2D eigenvalue weighted by Gasteiger charge is -2.33. The first-order valence-corrected chi connectivity index (χ1v) is 9.49. The normalized spacial score (nSPS) is 18.7. The molecule has 1 aliphatic heterocycles. The number of oxazole rings is 1. The van der Waals surface area contributed by atoms with Gasteiger partial charge >= 0.3 is 5.76 Å². The number of aryl methyl sites for hydroxylation is 1. The van der Waals surface area contributed by atoms with E-state index in [-0.39, 0.29) is 11.8 Å². The Hall–Kier alpha value is -2.05. The molecule has 1 atom stereocenters. The highest BCUT2D eigenvalue weighted by molar-refractivity contribution is 6.31. The van der Waals surface area contributed by atoms with Crippen molar-refractivity contribution < 1.29 is 4.42 Å². The molecule has 1 aromatic carbocycles. The molecule has 0 aliphatic carbocycles. The number of hydrogen-bond acceptors (Lipinski definition) is 4. The molecule has 2 aromatic heterocycles. The summed E-state index contributed by atoms with van der Waals surface area (Å²) in [5, 5.41) is 5.05. The van der Waals surface area contributed by atoms with Gasteiger partial charge in [0.1, 0.15) is 0 Å². The standard InChI is InChI=1S/C19H23ClN4O2/c1-3-23-13(2)14(10-21-23)11-22-8-4-5-16(12-22)24-17-9-15(20)6-7-18(17)26-19(24)25/h6-7,9-10,16H,3-5,8,11-12H2,1-2H3. The molecule has 138 valence electrons. The van der Waals surface area contributed by atoms with E-state index in [0.29, 0.717) is 10.6 Å². The van der Waals surface area contributed by atoms with Crippen molar-refractivity contribution in [1.29, 1.82) is 0 Å². The smallest absolute Gasteiger partial charge is 0.408 e. The SMILES string of the molecule is CCn1ncc(CN2CCCC(n3c(=O)oc4ccc(Cl)cc43)C2)c1C. The Morgan fingerprint density at radius 3 is 3.00 bits per heavy atom. The van der Waals surface area contributed by atoms with Gasteiger partial charge in [0, 0.05) is 35.9 Å². The van der Waals surface area contributed by atoms with E-state index in [9.17, 15) is 4.79 Å². The number of halogens is 1. The number of likely N-dealkylation sites (tertiary alicyclic amines) is 1. The van der Waals surface area contributed by atoms with Crippen LogP contribution in [-0.2, 0) is 13.1 Å². The molecule has 1 saturated heterocycles. The Morgan fingerprint density at radius 2 is 2.23 bits per heavy atom. The van der Waals surface area contributed by atoms with Gasteiger partial charge in [-0.15, -0.1) is 0 Å². The van der Waals surface area contributed by atoms with E-state index in [1.807, 2.05) is 16.9 Å². The van der Waals surface area contributed by atoms with Crippen molar-refractivity contribution in [2.75, 3.05) is 13.1 Å². The molecule has 26 heavy (non-hydrogen) atoms. The molecule has 3 heterocycles. The van der Waals surface area contributed by atoms with Crippen LogP contribution in [0, 0.1) is 6.92 Å². The first-order valence-electron chi connectivity index (χ1n) is 9.11. The lowest BCUT2D eigenvalue weighted by molar-refractivity contribution is 0.167. The number of aromatic nitrogens is 3. The van der Waals surface area contributed by atoms with Crippen LogP contribution in [0.3, 0.4) is 0 Å². The van der Waals surface area contributed by atoms with Crippen LogP contribution in [0.15, 0.2) is 33.6 Å². The summed E-state index contributed by atoms with van der Waals surface area (Å²) in [6.45, 7) is 7.79. The Bertz CT molecular complexity index is 987. The first kappa shape index (κ1) is 17.4. The molecule has 7 heteroatoms. The fraction of sp³-hybridized carbons (Fsp3) is 0.474. The summed E-state index contributed by atoms with van der Waals surface area (Å²) in [4.78, 5) is 14.8. The van der Waals surface area contributed by atoms with Crippen molar-refractivity contribution in [2.24, 2.45) is 0 Å². The van der Waals surface area contributed by atoms with Gasteiger partial charge in [-0.05, 0) is 51.4 Å². The van der Waals surface area contributed by atoms with E-state index >= 15 is 0 Å². The third kappa shape index (κ3) is 3.08. The Morgan fingerprint density at radius 1 is 1.38 bits per heavy atom. The summed E-state index contributed by atoms with van der Waals surface area (Å²) >= 11 is 6.13. The van der Waals surface area contributed by atoms with Crippen LogP contribution in [0.25, 0.3) is 11.1 Å². The molecule has 4 rings (SSSR count). The zero-order valence-corrected chi connectivity index (χ0v) is 15.9. The molecule has 3 aromatic rings. The number of hydrogen-bond donors (Lipinski definition) is 0. The zero-order chi connectivity index (χ0) is 18.3. The number of benzene rings is 1. The Labute approximate surface area is 157 Å². The van der Waals surface area contributed by atoms with E-state index in [1.165, 1.54) is 11.3 Å². The summed E-state index contributed by atoms with van der Waals surface area (Å²) in [5.74, 6) is -0.302. The topological polar surface area (TPSA) is 56.2 Å². The molecule has 0 radical (unpaired) electrons. The van der Waals surface area contributed by atoms with Crippen LogP contribution in [-0.4, -0.2) is 32.3 Å². The van der Waals surface area contributed by atoms with Crippen molar-refractivity contribution in [3.63, 3.8) is 0 Å². The van der Waals surface area contributed by atoms with Crippen molar-refractivity contribution in [3.05, 3.63) is 51.2 Å². The van der Waals surface area contributed by atoms with Crippen LogP contribution < -0.4 is 5.76 Å². The fourth-order valence-electron chi connectivity index (χ4n) is 3.94. The first-order chi connectivity index (χ1) is 12.6. The predicted molar refractivity (Wildman–Crippen MR) is 102 cm³/mol. The van der Waals surface area contributed by atoms with E-state index in [1.54, 1.807) is 16.7 Å². The van der Waals surface area contributed by atoms with Gasteiger partial charge in [-0.1, -0.05) is 11.6 Å². The average molecular weight is 375 g/mol. The zero-order valence-electron chi connectivity index (χ0n) is 15.1. The minimum atomic E-state index is -0.302. The Balaban J connectivity index is 1.59. The second kappa shape index (κ2) is 6.93. The molecule has 0 spiro atoms. The predicted octanol–water partition coefficient (Wildman–Crippen LogP) is 3.61. The molecule has 1 unspecified atom stereocenters. The molecular formula is C19H23ClN4O2. The van der Waals surface area contributed by atoms with Crippen LogP contribution >= 0.6 is 11.6 Å². The van der Waals surface area contributed by atoms with Gasteiger partial charge < -0.3 is 4.42 Å². The molecule has 0 amide bonds. The van der Waals surface area contributed by atoms with Crippen molar-refractivity contribution >= 4 is 22.7 Å². The summed E-state index contributed by atoms with van der Waals surface area (Å²) in [5.41, 5.74) is 3.84. The van der Waals surface area contributed by atoms with Crippen LogP contribution in [0.4, 0.5) is 0 Å². The molecule has 1 fully saturated rings. The molecule has 1 aliphatic rings. The van der Waals surface area contributed by atoms with Crippen LogP contribution in [0.5, 0.6) is 0 Å². The summed E-state index contributed by atoms with van der Waals surface area (Å²) < 4.78 is 9.21. The van der Waals surface area contributed by atoms with Crippen molar-refractivity contribution in [3.8, 4) is 0 Å². The highest BCUT2D eigenvalue weighted by Gasteiger charge is 2.26. The maximum absolute atomic E-state index is 12.4. The minimum Gasteiger partial charge on any atom is -0.408 e. The van der Waals surface area contributed by atoms with E-state index in [2.05, 4.69) is 23.8 Å². The number of piperidine rings is 1. The number of fused-ring (bicyclic) bond motifs is 1. The second-order valence-corrected chi connectivity index (χ2v) is 7.39. The lowest BCUT2D eigenvalue weighted by Crippen LogP contribution is -2.38. The molecule has 0 bridgehead atoms. The van der Waals surface area contributed by atoms with Gasteiger partial charge in [-0.25, -0.2) is 4.79 Å². The molecular weight excluding hydrogens is 352 g/mol. The van der Waals surface area contributed by atoms with E-state index in [0.717, 1.165) is 44.5 Å². The number of nitrogens with zero attached hydrogens (tertiary/aromatic N) is 4. The largest absolute Gasteiger partial charge is 0.420 e. The number of rotatable bonds is 4. The maximum atomic E-state index is 12.4. The third-order valence-corrected chi connectivity index (χ3v) is 5.55. The van der Waals surface area contributed by atoms with Crippen molar-refractivity contribution in [2.45, 2.75) is 45.8 Å². The molecule has 6 nitrogen and oxygen atoms in total. The third-order valence-electron chi connectivity index (χ3n) is 5.32. The van der Waals surface area contributed by atoms with Crippen molar-refractivity contribution in [1.82, 2.24) is 19.2 Å². The van der Waals surface area contributed by atoms with Crippen LogP contribution in [0.1, 0.15) is 37.1 Å².